The Morgan fingerprint density at radius 2 is 2.10 bits per heavy atom. The maximum absolute atomic E-state index is 11.8. The van der Waals surface area contributed by atoms with E-state index in [1.54, 1.807) is 17.1 Å². The molecule has 0 aliphatic heterocycles. The van der Waals surface area contributed by atoms with Gasteiger partial charge in [0.2, 0.25) is 0 Å². The minimum absolute atomic E-state index is 0.0217. The number of aromatic nitrogens is 1. The smallest absolute Gasteiger partial charge is 0.419 e. The van der Waals surface area contributed by atoms with Crippen molar-refractivity contribution >= 4 is 11.1 Å². The molecule has 2 heterocycles. The molecule has 1 unspecified atom stereocenters. The number of nitrogens with zero attached hydrogens (tertiary/aromatic N) is 1. The first-order chi connectivity index (χ1) is 10.2. The molecular weight excluding hydrogens is 268 g/mol. The van der Waals surface area contributed by atoms with Gasteiger partial charge in [0, 0.05) is 12.1 Å². The summed E-state index contributed by atoms with van der Waals surface area (Å²) < 4.78 is 12.1. The SMILES string of the molecule is CCNC(c1ccoc1)c1ccc2c(c1)oc(=O)n2CC. The second-order valence-electron chi connectivity index (χ2n) is 4.89. The molecule has 1 atom stereocenters. The summed E-state index contributed by atoms with van der Waals surface area (Å²) in [5.74, 6) is -0.312. The maximum atomic E-state index is 11.8. The second-order valence-corrected chi connectivity index (χ2v) is 4.89. The van der Waals surface area contributed by atoms with Crippen LogP contribution < -0.4 is 11.1 Å². The highest BCUT2D eigenvalue weighted by molar-refractivity contribution is 5.74. The zero-order valence-electron chi connectivity index (χ0n) is 12.1. The van der Waals surface area contributed by atoms with Gasteiger partial charge < -0.3 is 14.2 Å². The summed E-state index contributed by atoms with van der Waals surface area (Å²) in [7, 11) is 0. The van der Waals surface area contributed by atoms with Gasteiger partial charge >= 0.3 is 5.76 Å². The summed E-state index contributed by atoms with van der Waals surface area (Å²) in [4.78, 5) is 11.8. The van der Waals surface area contributed by atoms with E-state index < -0.39 is 0 Å². The number of hydrogen-bond acceptors (Lipinski definition) is 4. The van der Waals surface area contributed by atoms with Gasteiger partial charge in [-0.25, -0.2) is 4.79 Å². The molecule has 0 radical (unpaired) electrons. The molecule has 0 amide bonds. The number of oxazole rings is 1. The standard InChI is InChI=1S/C16H18N2O3/c1-3-17-15(12-7-8-20-10-12)11-5-6-13-14(9-11)21-16(19)18(13)4-2/h5-10,15,17H,3-4H2,1-2H3. The number of furan rings is 1. The Kier molecular flexibility index (Phi) is 3.66. The zero-order valence-corrected chi connectivity index (χ0v) is 12.1. The van der Waals surface area contributed by atoms with Crippen molar-refractivity contribution in [1.29, 1.82) is 0 Å². The van der Waals surface area contributed by atoms with Crippen LogP contribution in [0.2, 0.25) is 0 Å². The van der Waals surface area contributed by atoms with E-state index in [0.29, 0.717) is 12.1 Å². The summed E-state index contributed by atoms with van der Waals surface area (Å²) in [6.07, 6.45) is 3.39. The van der Waals surface area contributed by atoms with Crippen LogP contribution in [-0.4, -0.2) is 11.1 Å². The molecule has 1 aromatic carbocycles. The predicted molar refractivity (Wildman–Crippen MR) is 80.4 cm³/mol. The van der Waals surface area contributed by atoms with Gasteiger partial charge in [0.1, 0.15) is 0 Å². The van der Waals surface area contributed by atoms with Crippen LogP contribution in [-0.2, 0) is 6.54 Å². The monoisotopic (exact) mass is 286 g/mol. The Balaban J connectivity index is 2.09. The van der Waals surface area contributed by atoms with Crippen LogP contribution in [0.3, 0.4) is 0 Å². The molecule has 1 N–H and O–H groups in total. The van der Waals surface area contributed by atoms with Crippen LogP contribution in [0.1, 0.15) is 31.0 Å². The molecule has 0 aliphatic rings. The minimum atomic E-state index is -0.312. The topological polar surface area (TPSA) is 60.3 Å². The summed E-state index contributed by atoms with van der Waals surface area (Å²) in [6.45, 7) is 5.41. The van der Waals surface area contributed by atoms with Crippen LogP contribution in [0.5, 0.6) is 0 Å². The molecule has 0 bridgehead atoms. The molecule has 5 nitrogen and oxygen atoms in total. The van der Waals surface area contributed by atoms with E-state index >= 15 is 0 Å². The van der Waals surface area contributed by atoms with Crippen LogP contribution in [0.25, 0.3) is 11.1 Å². The number of fused-ring (bicyclic) bond motifs is 1. The normalized spacial score (nSPS) is 12.9. The number of hydrogen-bond donors (Lipinski definition) is 1. The van der Waals surface area contributed by atoms with E-state index in [1.807, 2.05) is 31.2 Å². The molecule has 2 aromatic heterocycles. The Labute approximate surface area is 122 Å². The molecule has 0 fully saturated rings. The zero-order chi connectivity index (χ0) is 14.8. The van der Waals surface area contributed by atoms with Crippen LogP contribution in [0, 0.1) is 0 Å². The van der Waals surface area contributed by atoms with Gasteiger partial charge in [0.25, 0.3) is 0 Å². The molecule has 0 aliphatic carbocycles. The van der Waals surface area contributed by atoms with E-state index in [9.17, 15) is 4.79 Å². The number of rotatable bonds is 5. The van der Waals surface area contributed by atoms with E-state index in [1.165, 1.54) is 0 Å². The highest BCUT2D eigenvalue weighted by atomic mass is 16.4. The average molecular weight is 286 g/mol. The van der Waals surface area contributed by atoms with Gasteiger partial charge in [0.05, 0.1) is 24.1 Å². The van der Waals surface area contributed by atoms with Crippen LogP contribution >= 0.6 is 0 Å². The Morgan fingerprint density at radius 1 is 1.24 bits per heavy atom. The molecule has 0 saturated heterocycles. The molecule has 0 spiro atoms. The Morgan fingerprint density at radius 3 is 2.76 bits per heavy atom. The van der Waals surface area contributed by atoms with E-state index in [-0.39, 0.29) is 11.8 Å². The fraction of sp³-hybridized carbons (Fsp3) is 0.312. The van der Waals surface area contributed by atoms with Crippen molar-refractivity contribution in [3.63, 3.8) is 0 Å². The first kappa shape index (κ1) is 13.7. The second kappa shape index (κ2) is 5.61. The molecule has 3 rings (SSSR count). The number of aryl methyl sites for hydroxylation is 1. The minimum Gasteiger partial charge on any atom is -0.472 e. The van der Waals surface area contributed by atoms with E-state index in [4.69, 9.17) is 8.83 Å². The average Bonchev–Trinajstić information content (AvgIpc) is 3.10. The quantitative estimate of drug-likeness (QED) is 0.783. The Hall–Kier alpha value is -2.27. The van der Waals surface area contributed by atoms with Crippen molar-refractivity contribution in [2.24, 2.45) is 0 Å². The number of nitrogens with one attached hydrogen (secondary N) is 1. The third-order valence-corrected chi connectivity index (χ3v) is 3.63. The highest BCUT2D eigenvalue weighted by Gasteiger charge is 2.16. The molecule has 5 heteroatoms. The summed E-state index contributed by atoms with van der Waals surface area (Å²) in [6, 6.07) is 7.83. The molecule has 3 aromatic rings. The lowest BCUT2D eigenvalue weighted by molar-refractivity contribution is 0.512. The summed E-state index contributed by atoms with van der Waals surface area (Å²) in [5.41, 5.74) is 3.54. The summed E-state index contributed by atoms with van der Waals surface area (Å²) >= 11 is 0. The molecule has 0 saturated carbocycles. The van der Waals surface area contributed by atoms with E-state index in [0.717, 1.165) is 23.2 Å². The van der Waals surface area contributed by atoms with Crippen molar-refractivity contribution in [3.8, 4) is 0 Å². The van der Waals surface area contributed by atoms with Crippen molar-refractivity contribution in [2.75, 3.05) is 6.54 Å². The van der Waals surface area contributed by atoms with E-state index in [2.05, 4.69) is 12.2 Å². The van der Waals surface area contributed by atoms with Gasteiger partial charge in [-0.15, -0.1) is 0 Å². The summed E-state index contributed by atoms with van der Waals surface area (Å²) in [5, 5.41) is 3.41. The highest BCUT2D eigenvalue weighted by Crippen LogP contribution is 2.25. The van der Waals surface area contributed by atoms with Gasteiger partial charge in [-0.2, -0.15) is 0 Å². The molecule has 110 valence electrons. The molecular formula is C16H18N2O3. The number of benzene rings is 1. The van der Waals surface area contributed by atoms with Crippen molar-refractivity contribution in [2.45, 2.75) is 26.4 Å². The van der Waals surface area contributed by atoms with Gasteiger partial charge in [-0.05, 0) is 37.2 Å². The van der Waals surface area contributed by atoms with Crippen molar-refractivity contribution in [1.82, 2.24) is 9.88 Å². The van der Waals surface area contributed by atoms with Crippen molar-refractivity contribution in [3.05, 3.63) is 58.5 Å². The van der Waals surface area contributed by atoms with Gasteiger partial charge in [-0.1, -0.05) is 13.0 Å². The fourth-order valence-corrected chi connectivity index (χ4v) is 2.63. The largest absolute Gasteiger partial charge is 0.472 e. The van der Waals surface area contributed by atoms with Crippen LogP contribution in [0.4, 0.5) is 0 Å². The third-order valence-electron chi connectivity index (χ3n) is 3.63. The lowest BCUT2D eigenvalue weighted by Gasteiger charge is -2.16. The Bertz CT molecular complexity index is 784. The molecule has 21 heavy (non-hydrogen) atoms. The van der Waals surface area contributed by atoms with Gasteiger partial charge in [-0.3, -0.25) is 4.57 Å². The predicted octanol–water partition coefficient (Wildman–Crippen LogP) is 2.91. The first-order valence-electron chi connectivity index (χ1n) is 7.13. The lowest BCUT2D eigenvalue weighted by atomic mass is 10.0. The third kappa shape index (κ3) is 2.40. The van der Waals surface area contributed by atoms with Crippen molar-refractivity contribution < 1.29 is 8.83 Å². The lowest BCUT2D eigenvalue weighted by Crippen LogP contribution is -2.21. The fourth-order valence-electron chi connectivity index (χ4n) is 2.63. The van der Waals surface area contributed by atoms with Gasteiger partial charge in [0.15, 0.2) is 5.58 Å². The first-order valence-corrected chi connectivity index (χ1v) is 7.13. The maximum Gasteiger partial charge on any atom is 0.419 e. The van der Waals surface area contributed by atoms with Crippen LogP contribution in [0.15, 0.2) is 50.4 Å².